The topological polar surface area (TPSA) is 16.4 Å². The van der Waals surface area contributed by atoms with Crippen molar-refractivity contribution in [1.82, 2.24) is 0 Å². The smallest absolute Gasteiger partial charge is 0.137 e. The van der Waals surface area contributed by atoms with Crippen LogP contribution in [0.4, 0.5) is 17.1 Å². The highest BCUT2D eigenvalue weighted by molar-refractivity contribution is 5.95. The van der Waals surface area contributed by atoms with Crippen LogP contribution >= 0.6 is 0 Å². The second-order valence-corrected chi connectivity index (χ2v) is 12.6. The molecule has 0 saturated heterocycles. The van der Waals surface area contributed by atoms with Gasteiger partial charge < -0.3 is 9.32 Å². The fraction of sp³-hybridized carbons (Fsp3) is 0. The SMILES string of the molecule is c1ccc(-c2ccc(-c3ccccc3N(c3ccc(-c4ccc5ccccc5c4)cc3)c3ccccc3-c3cc4ccccc4o3)cc2)cc1. The molecule has 0 aliphatic heterocycles. The summed E-state index contributed by atoms with van der Waals surface area (Å²) in [6.07, 6.45) is 0. The number of furan rings is 1. The summed E-state index contributed by atoms with van der Waals surface area (Å²) < 4.78 is 6.47. The lowest BCUT2D eigenvalue weighted by atomic mass is 9.97. The number of anilines is 3. The van der Waals surface area contributed by atoms with Gasteiger partial charge in [0.1, 0.15) is 11.3 Å². The van der Waals surface area contributed by atoms with Crippen LogP contribution < -0.4 is 4.90 Å². The van der Waals surface area contributed by atoms with Gasteiger partial charge >= 0.3 is 0 Å². The molecule has 236 valence electrons. The van der Waals surface area contributed by atoms with E-state index >= 15 is 0 Å². The van der Waals surface area contributed by atoms with Crippen molar-refractivity contribution < 1.29 is 4.42 Å². The molecule has 0 fully saturated rings. The van der Waals surface area contributed by atoms with Crippen molar-refractivity contribution >= 4 is 38.8 Å². The third kappa shape index (κ3) is 5.53. The Labute approximate surface area is 292 Å². The number of nitrogens with zero attached hydrogens (tertiary/aromatic N) is 1. The first-order valence-corrected chi connectivity index (χ1v) is 17.0. The van der Waals surface area contributed by atoms with Crippen LogP contribution in [0.25, 0.3) is 66.4 Å². The molecule has 0 amide bonds. The average molecular weight is 640 g/mol. The molecule has 0 aliphatic rings. The summed E-state index contributed by atoms with van der Waals surface area (Å²) in [4.78, 5) is 2.37. The number of para-hydroxylation sites is 3. The van der Waals surface area contributed by atoms with Crippen molar-refractivity contribution in [2.45, 2.75) is 0 Å². The maximum atomic E-state index is 6.47. The molecule has 0 saturated carbocycles. The Morgan fingerprint density at radius 1 is 0.320 bits per heavy atom. The van der Waals surface area contributed by atoms with Crippen LogP contribution in [0.2, 0.25) is 0 Å². The minimum Gasteiger partial charge on any atom is -0.456 e. The van der Waals surface area contributed by atoms with E-state index in [0.29, 0.717) is 0 Å². The van der Waals surface area contributed by atoms with E-state index in [1.807, 2.05) is 12.1 Å². The Bertz CT molecular complexity index is 2550. The summed E-state index contributed by atoms with van der Waals surface area (Å²) in [5.41, 5.74) is 12.2. The maximum absolute atomic E-state index is 6.47. The van der Waals surface area contributed by atoms with Crippen LogP contribution in [0.1, 0.15) is 0 Å². The van der Waals surface area contributed by atoms with Crippen molar-refractivity contribution in [3.05, 3.63) is 200 Å². The first kappa shape index (κ1) is 29.5. The first-order valence-electron chi connectivity index (χ1n) is 17.0. The summed E-state index contributed by atoms with van der Waals surface area (Å²) in [5.74, 6) is 0.837. The lowest BCUT2D eigenvalue weighted by Gasteiger charge is -2.29. The summed E-state index contributed by atoms with van der Waals surface area (Å²) in [7, 11) is 0. The molecule has 0 unspecified atom stereocenters. The zero-order valence-corrected chi connectivity index (χ0v) is 27.4. The molecule has 1 heterocycles. The fourth-order valence-corrected chi connectivity index (χ4v) is 6.96. The lowest BCUT2D eigenvalue weighted by Crippen LogP contribution is -2.12. The van der Waals surface area contributed by atoms with Crippen molar-refractivity contribution in [3.63, 3.8) is 0 Å². The van der Waals surface area contributed by atoms with Crippen LogP contribution in [0.3, 0.4) is 0 Å². The Morgan fingerprint density at radius 3 is 1.60 bits per heavy atom. The summed E-state index contributed by atoms with van der Waals surface area (Å²) in [6.45, 7) is 0. The third-order valence-electron chi connectivity index (χ3n) is 9.49. The average Bonchev–Trinajstić information content (AvgIpc) is 3.63. The van der Waals surface area contributed by atoms with E-state index in [2.05, 4.69) is 193 Å². The number of hydrogen-bond acceptors (Lipinski definition) is 2. The van der Waals surface area contributed by atoms with Gasteiger partial charge in [0, 0.05) is 22.2 Å². The Balaban J connectivity index is 1.19. The van der Waals surface area contributed by atoms with E-state index in [-0.39, 0.29) is 0 Å². The van der Waals surface area contributed by atoms with Gasteiger partial charge in [-0.15, -0.1) is 0 Å². The molecule has 0 bridgehead atoms. The van der Waals surface area contributed by atoms with Gasteiger partial charge in [0.15, 0.2) is 0 Å². The molecule has 0 aliphatic carbocycles. The van der Waals surface area contributed by atoms with Gasteiger partial charge in [-0.25, -0.2) is 0 Å². The molecule has 2 nitrogen and oxygen atoms in total. The summed E-state index contributed by atoms with van der Waals surface area (Å²) in [6, 6.07) is 71.1. The van der Waals surface area contributed by atoms with Crippen LogP contribution in [0.5, 0.6) is 0 Å². The first-order chi connectivity index (χ1) is 24.8. The van der Waals surface area contributed by atoms with Gasteiger partial charge in [0.05, 0.1) is 11.4 Å². The predicted octanol–water partition coefficient (Wildman–Crippen LogP) is 13.7. The summed E-state index contributed by atoms with van der Waals surface area (Å²) >= 11 is 0. The molecule has 0 radical (unpaired) electrons. The second-order valence-electron chi connectivity index (χ2n) is 12.6. The van der Waals surface area contributed by atoms with E-state index in [9.17, 15) is 0 Å². The van der Waals surface area contributed by atoms with E-state index in [4.69, 9.17) is 4.42 Å². The number of hydrogen-bond donors (Lipinski definition) is 0. The van der Waals surface area contributed by atoms with E-state index in [1.54, 1.807) is 0 Å². The van der Waals surface area contributed by atoms with Gasteiger partial charge in [-0.1, -0.05) is 152 Å². The highest BCUT2D eigenvalue weighted by atomic mass is 16.3. The second kappa shape index (κ2) is 12.8. The van der Waals surface area contributed by atoms with E-state index < -0.39 is 0 Å². The molecule has 50 heavy (non-hydrogen) atoms. The van der Waals surface area contributed by atoms with Crippen molar-refractivity contribution in [2.24, 2.45) is 0 Å². The number of rotatable bonds is 7. The number of benzene rings is 8. The maximum Gasteiger partial charge on any atom is 0.137 e. The monoisotopic (exact) mass is 639 g/mol. The fourth-order valence-electron chi connectivity index (χ4n) is 6.96. The van der Waals surface area contributed by atoms with Gasteiger partial charge in [0.25, 0.3) is 0 Å². The molecule has 1 aromatic heterocycles. The van der Waals surface area contributed by atoms with Crippen LogP contribution in [0.15, 0.2) is 205 Å². The Morgan fingerprint density at radius 2 is 0.840 bits per heavy atom. The minimum absolute atomic E-state index is 0.837. The van der Waals surface area contributed by atoms with Crippen molar-refractivity contribution in [2.75, 3.05) is 4.90 Å². The molecule has 2 heteroatoms. The van der Waals surface area contributed by atoms with Gasteiger partial charge in [-0.05, 0) is 87.1 Å². The van der Waals surface area contributed by atoms with Crippen molar-refractivity contribution in [1.29, 1.82) is 0 Å². The molecule has 0 N–H and O–H groups in total. The third-order valence-corrected chi connectivity index (χ3v) is 9.49. The van der Waals surface area contributed by atoms with E-state index in [0.717, 1.165) is 50.5 Å². The predicted molar refractivity (Wildman–Crippen MR) is 210 cm³/mol. The lowest BCUT2D eigenvalue weighted by molar-refractivity contribution is 0.631. The zero-order valence-electron chi connectivity index (χ0n) is 27.4. The quantitative estimate of drug-likeness (QED) is 0.173. The molecular weight excluding hydrogens is 607 g/mol. The minimum atomic E-state index is 0.837. The molecule has 9 rings (SSSR count). The molecule has 9 aromatic rings. The normalized spacial score (nSPS) is 11.2. The van der Waals surface area contributed by atoms with E-state index in [1.165, 1.54) is 33.0 Å². The largest absolute Gasteiger partial charge is 0.456 e. The van der Waals surface area contributed by atoms with Gasteiger partial charge in [-0.2, -0.15) is 0 Å². The molecule has 8 aromatic carbocycles. The summed E-state index contributed by atoms with van der Waals surface area (Å²) in [5, 5.41) is 3.57. The van der Waals surface area contributed by atoms with Gasteiger partial charge in [0.2, 0.25) is 0 Å². The zero-order chi connectivity index (χ0) is 33.3. The van der Waals surface area contributed by atoms with Crippen LogP contribution in [-0.2, 0) is 0 Å². The highest BCUT2D eigenvalue weighted by Crippen LogP contribution is 2.46. The number of fused-ring (bicyclic) bond motifs is 2. The van der Waals surface area contributed by atoms with Crippen LogP contribution in [0, 0.1) is 0 Å². The molecule has 0 atom stereocenters. The standard InChI is InChI=1S/C48H33NO/c1-2-12-34(13-3-1)36-22-25-38(26-23-36)43-17-7-9-19-45(43)49(46-20-10-8-18-44(46)48-33-41-16-6-11-21-47(41)50-48)42-30-28-37(29-31-42)40-27-24-35-14-4-5-15-39(35)32-40/h1-33H. The van der Waals surface area contributed by atoms with Crippen LogP contribution in [-0.4, -0.2) is 0 Å². The van der Waals surface area contributed by atoms with Crippen molar-refractivity contribution in [3.8, 4) is 44.7 Å². The molecular formula is C48H33NO. The molecule has 0 spiro atoms. The Kier molecular flexibility index (Phi) is 7.53. The highest BCUT2D eigenvalue weighted by Gasteiger charge is 2.22. The van der Waals surface area contributed by atoms with Gasteiger partial charge in [-0.3, -0.25) is 0 Å². The Hall–Kier alpha value is -6.64.